The molecule has 0 amide bonds. The van der Waals surface area contributed by atoms with E-state index < -0.39 is 5.82 Å². The van der Waals surface area contributed by atoms with Crippen LogP contribution in [0.3, 0.4) is 0 Å². The zero-order chi connectivity index (χ0) is 11.5. The molecule has 0 spiro atoms. The molecule has 0 aliphatic carbocycles. The summed E-state index contributed by atoms with van der Waals surface area (Å²) in [5.74, 6) is -0.756. The molecule has 86 valence electrons. The van der Waals surface area contributed by atoms with Crippen molar-refractivity contribution in [3.8, 4) is 0 Å². The van der Waals surface area contributed by atoms with Gasteiger partial charge < -0.3 is 5.32 Å². The fourth-order valence-electron chi connectivity index (χ4n) is 1.98. The molecule has 1 atom stereocenters. The van der Waals surface area contributed by atoms with Crippen molar-refractivity contribution in [2.75, 3.05) is 13.1 Å². The highest BCUT2D eigenvalue weighted by Gasteiger charge is 2.24. The van der Waals surface area contributed by atoms with Gasteiger partial charge >= 0.3 is 0 Å². The fraction of sp³-hybridized carbons (Fsp3) is 0.417. The Bertz CT molecular complexity index is 402. The SMILES string of the molecule is O=C(c1cc(Cl)ccc1F)C1CCCNC1. The smallest absolute Gasteiger partial charge is 0.170 e. The maximum Gasteiger partial charge on any atom is 0.170 e. The molecule has 16 heavy (non-hydrogen) atoms. The second-order valence-corrected chi connectivity index (χ2v) is 4.47. The van der Waals surface area contributed by atoms with Gasteiger partial charge in [-0.25, -0.2) is 4.39 Å². The quantitative estimate of drug-likeness (QED) is 0.807. The molecule has 2 nitrogen and oxygen atoms in total. The van der Waals surface area contributed by atoms with Crippen molar-refractivity contribution in [3.05, 3.63) is 34.6 Å². The predicted octanol–water partition coefficient (Wildman–Crippen LogP) is 2.66. The largest absolute Gasteiger partial charge is 0.316 e. The van der Waals surface area contributed by atoms with Gasteiger partial charge in [-0.2, -0.15) is 0 Å². The summed E-state index contributed by atoms with van der Waals surface area (Å²) in [6, 6.07) is 4.10. The summed E-state index contributed by atoms with van der Waals surface area (Å²) >= 11 is 5.77. The molecule has 4 heteroatoms. The summed E-state index contributed by atoms with van der Waals surface area (Å²) in [7, 11) is 0. The summed E-state index contributed by atoms with van der Waals surface area (Å²) < 4.78 is 13.5. The first-order chi connectivity index (χ1) is 7.68. The van der Waals surface area contributed by atoms with Crippen LogP contribution in [0.25, 0.3) is 0 Å². The Kier molecular flexibility index (Phi) is 3.56. The van der Waals surface area contributed by atoms with Crippen LogP contribution in [-0.4, -0.2) is 18.9 Å². The van der Waals surface area contributed by atoms with Gasteiger partial charge in [-0.05, 0) is 37.6 Å². The third-order valence-corrected chi connectivity index (χ3v) is 3.10. The van der Waals surface area contributed by atoms with Crippen molar-refractivity contribution < 1.29 is 9.18 Å². The highest BCUT2D eigenvalue weighted by atomic mass is 35.5. The van der Waals surface area contributed by atoms with Crippen molar-refractivity contribution in [1.82, 2.24) is 5.32 Å². The van der Waals surface area contributed by atoms with Gasteiger partial charge in [-0.3, -0.25) is 4.79 Å². The normalized spacial score (nSPS) is 20.8. The maximum absolute atomic E-state index is 13.5. The first kappa shape index (κ1) is 11.6. The number of hydrogen-bond donors (Lipinski definition) is 1. The average molecular weight is 242 g/mol. The van der Waals surface area contributed by atoms with Crippen LogP contribution in [0.1, 0.15) is 23.2 Å². The van der Waals surface area contributed by atoms with Crippen molar-refractivity contribution >= 4 is 17.4 Å². The Morgan fingerprint density at radius 1 is 1.50 bits per heavy atom. The topological polar surface area (TPSA) is 29.1 Å². The second-order valence-electron chi connectivity index (χ2n) is 4.03. The molecule has 1 aliphatic heterocycles. The van der Waals surface area contributed by atoms with Crippen LogP contribution in [0.2, 0.25) is 5.02 Å². The minimum absolute atomic E-state index is 0.112. The molecule has 0 saturated carbocycles. The van der Waals surface area contributed by atoms with E-state index in [-0.39, 0.29) is 17.3 Å². The highest BCUT2D eigenvalue weighted by Crippen LogP contribution is 2.21. The molecule has 1 N–H and O–H groups in total. The highest BCUT2D eigenvalue weighted by molar-refractivity contribution is 6.31. The number of rotatable bonds is 2. The monoisotopic (exact) mass is 241 g/mol. The Hall–Kier alpha value is -0.930. The Morgan fingerprint density at radius 3 is 3.00 bits per heavy atom. The molecule has 1 aromatic carbocycles. The van der Waals surface area contributed by atoms with Gasteiger partial charge in [-0.1, -0.05) is 11.6 Å². The third kappa shape index (κ3) is 2.42. The van der Waals surface area contributed by atoms with Crippen LogP contribution < -0.4 is 5.32 Å². The van der Waals surface area contributed by atoms with E-state index >= 15 is 0 Å². The molecule has 1 fully saturated rings. The number of hydrogen-bond acceptors (Lipinski definition) is 2. The maximum atomic E-state index is 13.5. The molecule has 2 rings (SSSR count). The lowest BCUT2D eigenvalue weighted by atomic mass is 9.91. The van der Waals surface area contributed by atoms with E-state index in [4.69, 9.17) is 11.6 Å². The molecule has 0 bridgehead atoms. The van der Waals surface area contributed by atoms with Crippen LogP contribution in [0, 0.1) is 11.7 Å². The van der Waals surface area contributed by atoms with Crippen molar-refractivity contribution in [3.63, 3.8) is 0 Å². The van der Waals surface area contributed by atoms with Crippen LogP contribution in [0.15, 0.2) is 18.2 Å². The molecule has 0 aromatic heterocycles. The first-order valence-corrected chi connectivity index (χ1v) is 5.76. The fourth-order valence-corrected chi connectivity index (χ4v) is 2.15. The third-order valence-electron chi connectivity index (χ3n) is 2.86. The van der Waals surface area contributed by atoms with Crippen LogP contribution >= 0.6 is 11.6 Å². The number of Topliss-reactive ketones (excluding diaryl/α,β-unsaturated/α-hetero) is 1. The van der Waals surface area contributed by atoms with Crippen LogP contribution in [-0.2, 0) is 0 Å². The first-order valence-electron chi connectivity index (χ1n) is 5.38. The number of carbonyl (C=O) groups excluding carboxylic acids is 1. The van der Waals surface area contributed by atoms with E-state index in [0.29, 0.717) is 11.6 Å². The lowest BCUT2D eigenvalue weighted by molar-refractivity contribution is 0.0895. The molecule has 1 aromatic rings. The summed E-state index contributed by atoms with van der Waals surface area (Å²) in [6.07, 6.45) is 1.77. The number of nitrogens with one attached hydrogen (secondary N) is 1. The van der Waals surface area contributed by atoms with Crippen molar-refractivity contribution in [2.24, 2.45) is 5.92 Å². The van der Waals surface area contributed by atoms with Gasteiger partial charge in [0.15, 0.2) is 5.78 Å². The van der Waals surface area contributed by atoms with E-state index in [1.807, 2.05) is 0 Å². The van der Waals surface area contributed by atoms with Gasteiger partial charge in [0.1, 0.15) is 5.82 Å². The van der Waals surface area contributed by atoms with E-state index in [2.05, 4.69) is 5.32 Å². The van der Waals surface area contributed by atoms with Crippen LogP contribution in [0.5, 0.6) is 0 Å². The summed E-state index contributed by atoms with van der Waals surface area (Å²) in [5, 5.41) is 3.54. The number of piperidine rings is 1. The van der Waals surface area contributed by atoms with Crippen LogP contribution in [0.4, 0.5) is 4.39 Å². The molecule has 1 saturated heterocycles. The van der Waals surface area contributed by atoms with Crippen molar-refractivity contribution in [2.45, 2.75) is 12.8 Å². The molecule has 0 radical (unpaired) electrons. The minimum atomic E-state index is -0.486. The lowest BCUT2D eigenvalue weighted by Gasteiger charge is -2.21. The number of ketones is 1. The van der Waals surface area contributed by atoms with Gasteiger partial charge in [0, 0.05) is 17.5 Å². The van der Waals surface area contributed by atoms with Gasteiger partial charge in [0.25, 0.3) is 0 Å². The summed E-state index contributed by atoms with van der Waals surface area (Å²) in [6.45, 7) is 1.56. The van der Waals surface area contributed by atoms with E-state index in [9.17, 15) is 9.18 Å². The standard InChI is InChI=1S/C12H13ClFNO/c13-9-3-4-11(14)10(6-9)12(16)8-2-1-5-15-7-8/h3-4,6,8,15H,1-2,5,7H2. The molecular weight excluding hydrogens is 229 g/mol. The zero-order valence-corrected chi connectivity index (χ0v) is 9.56. The number of benzene rings is 1. The lowest BCUT2D eigenvalue weighted by Crippen LogP contribution is -2.34. The molecule has 1 heterocycles. The van der Waals surface area contributed by atoms with Gasteiger partial charge in [0.05, 0.1) is 5.56 Å². The Labute approximate surface area is 98.8 Å². The number of carbonyl (C=O) groups is 1. The number of halogens is 2. The molecular formula is C12H13ClFNO. The van der Waals surface area contributed by atoms with Crippen molar-refractivity contribution in [1.29, 1.82) is 0 Å². The second kappa shape index (κ2) is 4.93. The van der Waals surface area contributed by atoms with Gasteiger partial charge in [0.2, 0.25) is 0 Å². The van der Waals surface area contributed by atoms with E-state index in [1.54, 1.807) is 0 Å². The average Bonchev–Trinajstić information content (AvgIpc) is 2.32. The van der Waals surface area contributed by atoms with Gasteiger partial charge in [-0.15, -0.1) is 0 Å². The minimum Gasteiger partial charge on any atom is -0.316 e. The Morgan fingerprint density at radius 2 is 2.31 bits per heavy atom. The van der Waals surface area contributed by atoms with E-state index in [0.717, 1.165) is 19.4 Å². The zero-order valence-electron chi connectivity index (χ0n) is 8.80. The Balaban J connectivity index is 2.22. The summed E-state index contributed by atoms with van der Waals surface area (Å²) in [5.41, 5.74) is 0.112. The molecule has 1 aliphatic rings. The summed E-state index contributed by atoms with van der Waals surface area (Å²) in [4.78, 5) is 12.0. The van der Waals surface area contributed by atoms with E-state index in [1.165, 1.54) is 18.2 Å². The predicted molar refractivity (Wildman–Crippen MR) is 61.3 cm³/mol. The molecule has 1 unspecified atom stereocenters.